The maximum Gasteiger partial charge on any atom is 0.251 e. The van der Waals surface area contributed by atoms with E-state index < -0.39 is 0 Å². The third-order valence-corrected chi connectivity index (χ3v) is 6.46. The topological polar surface area (TPSA) is 41.6 Å². The molecule has 2 fully saturated rings. The molecular weight excluding hydrogens is 344 g/mol. The van der Waals surface area contributed by atoms with Gasteiger partial charge in [0.25, 0.3) is 5.91 Å². The third kappa shape index (κ3) is 3.70. The van der Waals surface area contributed by atoms with Crippen LogP contribution in [0, 0.1) is 0 Å². The van der Waals surface area contributed by atoms with Gasteiger partial charge in [-0.2, -0.15) is 11.3 Å². The maximum absolute atomic E-state index is 12.8. The maximum atomic E-state index is 12.8. The van der Waals surface area contributed by atoms with E-state index in [9.17, 15) is 4.79 Å². The van der Waals surface area contributed by atoms with Crippen LogP contribution in [0.2, 0.25) is 0 Å². The van der Waals surface area contributed by atoms with Gasteiger partial charge in [-0.3, -0.25) is 9.69 Å². The molecule has 0 radical (unpaired) electrons. The molecule has 138 valence electrons. The summed E-state index contributed by atoms with van der Waals surface area (Å²) in [5, 5.41) is 7.41. The van der Waals surface area contributed by atoms with Crippen LogP contribution in [0.3, 0.4) is 0 Å². The largest absolute Gasteiger partial charge is 0.379 e. The lowest BCUT2D eigenvalue weighted by Crippen LogP contribution is -2.57. The quantitative estimate of drug-likeness (QED) is 0.871. The summed E-state index contributed by atoms with van der Waals surface area (Å²) >= 11 is 1.67. The van der Waals surface area contributed by atoms with Gasteiger partial charge in [-0.05, 0) is 52.9 Å². The molecule has 0 atom stereocenters. The summed E-state index contributed by atoms with van der Waals surface area (Å²) in [6.07, 6.45) is 4.84. The molecule has 1 saturated heterocycles. The van der Waals surface area contributed by atoms with E-state index >= 15 is 0 Å². The summed E-state index contributed by atoms with van der Waals surface area (Å²) in [5.74, 6) is 0.0293. The Morgan fingerprint density at radius 3 is 2.69 bits per heavy atom. The molecule has 1 aliphatic heterocycles. The Hall–Kier alpha value is -1.69. The van der Waals surface area contributed by atoms with Crippen LogP contribution in [-0.4, -0.2) is 49.2 Å². The number of hydrogen-bond donors (Lipinski definition) is 1. The SMILES string of the molecule is O=C(NCC1(N2CCOCC2)CCCC1)c1cccc(-c2ccsc2)c1. The molecule has 1 N–H and O–H groups in total. The minimum Gasteiger partial charge on any atom is -0.379 e. The van der Waals surface area contributed by atoms with E-state index in [1.54, 1.807) is 11.3 Å². The second-order valence-corrected chi connectivity index (χ2v) is 8.09. The van der Waals surface area contributed by atoms with Crippen LogP contribution in [0.1, 0.15) is 36.0 Å². The Labute approximate surface area is 159 Å². The molecule has 0 unspecified atom stereocenters. The smallest absolute Gasteiger partial charge is 0.251 e. The molecule has 1 aromatic heterocycles. The number of carbonyl (C=O) groups is 1. The highest BCUT2D eigenvalue weighted by Crippen LogP contribution is 2.35. The number of nitrogens with zero attached hydrogens (tertiary/aromatic N) is 1. The van der Waals surface area contributed by atoms with E-state index in [1.165, 1.54) is 31.2 Å². The lowest BCUT2D eigenvalue weighted by Gasteiger charge is -2.43. The van der Waals surface area contributed by atoms with Crippen LogP contribution < -0.4 is 5.32 Å². The first kappa shape index (κ1) is 17.7. The summed E-state index contributed by atoms with van der Waals surface area (Å²) in [7, 11) is 0. The molecule has 1 aliphatic carbocycles. The third-order valence-electron chi connectivity index (χ3n) is 5.77. The van der Waals surface area contributed by atoms with Gasteiger partial charge in [0.05, 0.1) is 13.2 Å². The summed E-state index contributed by atoms with van der Waals surface area (Å²) < 4.78 is 5.52. The molecule has 4 nitrogen and oxygen atoms in total. The Morgan fingerprint density at radius 1 is 1.15 bits per heavy atom. The summed E-state index contributed by atoms with van der Waals surface area (Å²) in [4.78, 5) is 15.3. The molecule has 5 heteroatoms. The van der Waals surface area contributed by atoms with Crippen molar-refractivity contribution >= 4 is 17.2 Å². The summed E-state index contributed by atoms with van der Waals surface area (Å²) in [5.41, 5.74) is 3.13. The Balaban J connectivity index is 1.45. The minimum absolute atomic E-state index is 0.0293. The summed E-state index contributed by atoms with van der Waals surface area (Å²) in [6, 6.07) is 10.0. The highest BCUT2D eigenvalue weighted by molar-refractivity contribution is 7.08. The van der Waals surface area contributed by atoms with E-state index in [0.29, 0.717) is 0 Å². The molecule has 0 spiro atoms. The zero-order chi connectivity index (χ0) is 17.8. The fourth-order valence-electron chi connectivity index (χ4n) is 4.29. The van der Waals surface area contributed by atoms with E-state index in [-0.39, 0.29) is 11.4 Å². The minimum atomic E-state index is 0.0293. The number of nitrogens with one attached hydrogen (secondary N) is 1. The number of thiophene rings is 1. The molecule has 1 amide bonds. The first-order valence-corrected chi connectivity index (χ1v) is 10.4. The molecule has 1 aromatic carbocycles. The summed E-state index contributed by atoms with van der Waals surface area (Å²) in [6.45, 7) is 4.29. The molecular formula is C21H26N2O2S. The van der Waals surface area contributed by atoms with E-state index in [4.69, 9.17) is 4.74 Å². The number of amides is 1. The highest BCUT2D eigenvalue weighted by Gasteiger charge is 2.40. The monoisotopic (exact) mass is 370 g/mol. The van der Waals surface area contributed by atoms with Gasteiger partial charge in [-0.1, -0.05) is 25.0 Å². The number of benzene rings is 1. The molecule has 26 heavy (non-hydrogen) atoms. The van der Waals surface area contributed by atoms with Crippen LogP contribution >= 0.6 is 11.3 Å². The van der Waals surface area contributed by atoms with E-state index in [1.807, 2.05) is 18.2 Å². The molecule has 4 rings (SSSR count). The second-order valence-electron chi connectivity index (χ2n) is 7.31. The van der Waals surface area contributed by atoms with Crippen LogP contribution in [0.4, 0.5) is 0 Å². The van der Waals surface area contributed by atoms with Crippen LogP contribution in [0.25, 0.3) is 11.1 Å². The van der Waals surface area contributed by atoms with Crippen molar-refractivity contribution in [1.82, 2.24) is 10.2 Å². The fraction of sp³-hybridized carbons (Fsp3) is 0.476. The highest BCUT2D eigenvalue weighted by atomic mass is 32.1. The Kier molecular flexibility index (Phi) is 5.38. The number of ether oxygens (including phenoxy) is 1. The van der Waals surface area contributed by atoms with Crippen LogP contribution in [0.15, 0.2) is 41.1 Å². The average Bonchev–Trinajstić information content (AvgIpc) is 3.40. The molecule has 2 heterocycles. The van der Waals surface area contributed by atoms with Gasteiger partial charge in [0.1, 0.15) is 0 Å². The van der Waals surface area contributed by atoms with Crippen molar-refractivity contribution in [2.75, 3.05) is 32.8 Å². The van der Waals surface area contributed by atoms with Crippen molar-refractivity contribution in [3.63, 3.8) is 0 Å². The van der Waals surface area contributed by atoms with Crippen molar-refractivity contribution in [2.45, 2.75) is 31.2 Å². The van der Waals surface area contributed by atoms with Gasteiger partial charge < -0.3 is 10.1 Å². The first-order chi connectivity index (χ1) is 12.8. The van der Waals surface area contributed by atoms with Gasteiger partial charge in [-0.25, -0.2) is 0 Å². The van der Waals surface area contributed by atoms with Crippen molar-refractivity contribution < 1.29 is 9.53 Å². The second kappa shape index (κ2) is 7.91. The van der Waals surface area contributed by atoms with Crippen LogP contribution in [0.5, 0.6) is 0 Å². The Bertz CT molecular complexity index is 732. The molecule has 1 saturated carbocycles. The van der Waals surface area contributed by atoms with Gasteiger partial charge >= 0.3 is 0 Å². The van der Waals surface area contributed by atoms with Crippen molar-refractivity contribution in [3.05, 3.63) is 46.7 Å². The number of hydrogen-bond acceptors (Lipinski definition) is 4. The van der Waals surface area contributed by atoms with Gasteiger partial charge in [0.15, 0.2) is 0 Å². The fourth-order valence-corrected chi connectivity index (χ4v) is 4.96. The molecule has 0 bridgehead atoms. The first-order valence-electron chi connectivity index (χ1n) is 9.51. The van der Waals surface area contributed by atoms with E-state index in [2.05, 4.69) is 33.1 Å². The predicted molar refractivity (Wildman–Crippen MR) is 106 cm³/mol. The van der Waals surface area contributed by atoms with Gasteiger partial charge in [0.2, 0.25) is 0 Å². The Morgan fingerprint density at radius 2 is 1.96 bits per heavy atom. The van der Waals surface area contributed by atoms with E-state index in [0.717, 1.165) is 44.0 Å². The lowest BCUT2D eigenvalue weighted by molar-refractivity contribution is -0.0199. The van der Waals surface area contributed by atoms with Gasteiger partial charge in [-0.15, -0.1) is 0 Å². The number of carbonyl (C=O) groups excluding carboxylic acids is 1. The standard InChI is InChI=1S/C21H26N2O2S/c24-20(18-5-3-4-17(14-18)19-6-13-26-15-19)22-16-21(7-1-2-8-21)23-9-11-25-12-10-23/h3-6,13-15H,1-2,7-12,16H2,(H,22,24). The van der Waals surface area contributed by atoms with Gasteiger partial charge in [0, 0.05) is 30.7 Å². The number of rotatable bonds is 5. The van der Waals surface area contributed by atoms with Crippen molar-refractivity contribution in [1.29, 1.82) is 0 Å². The van der Waals surface area contributed by atoms with Crippen molar-refractivity contribution in [2.24, 2.45) is 0 Å². The van der Waals surface area contributed by atoms with Crippen LogP contribution in [-0.2, 0) is 4.74 Å². The zero-order valence-corrected chi connectivity index (χ0v) is 15.9. The lowest BCUT2D eigenvalue weighted by atomic mass is 9.94. The molecule has 2 aromatic rings. The van der Waals surface area contributed by atoms with Crippen molar-refractivity contribution in [3.8, 4) is 11.1 Å². The zero-order valence-electron chi connectivity index (χ0n) is 15.1. The average molecular weight is 371 g/mol. The normalized spacial score (nSPS) is 20.2. The number of morpholine rings is 1. The molecule has 2 aliphatic rings. The predicted octanol–water partition coefficient (Wildman–Crippen LogP) is 3.79.